The molecule has 0 saturated heterocycles. The Morgan fingerprint density at radius 2 is 2.15 bits per heavy atom. The van der Waals surface area contributed by atoms with Crippen molar-refractivity contribution in [2.75, 3.05) is 0 Å². The Morgan fingerprint density at radius 3 is 2.77 bits per heavy atom. The molecule has 66 valence electrons. The van der Waals surface area contributed by atoms with Gasteiger partial charge in [0.25, 0.3) is 0 Å². The summed E-state index contributed by atoms with van der Waals surface area (Å²) in [6.45, 7) is 2.79. The van der Waals surface area contributed by atoms with Crippen LogP contribution in [-0.2, 0) is 6.54 Å². The van der Waals surface area contributed by atoms with Crippen molar-refractivity contribution in [1.82, 2.24) is 14.8 Å². The lowest BCUT2D eigenvalue weighted by atomic mass is 10.3. The summed E-state index contributed by atoms with van der Waals surface area (Å²) in [4.78, 5) is 4.23. The highest BCUT2D eigenvalue weighted by molar-refractivity contribution is 5.06. The van der Waals surface area contributed by atoms with Crippen LogP contribution in [0.2, 0.25) is 0 Å². The van der Waals surface area contributed by atoms with Crippen LogP contribution in [-0.4, -0.2) is 14.8 Å². The molecular weight excluding hydrogens is 162 g/mol. The molecule has 3 heteroatoms. The predicted molar refractivity (Wildman–Crippen MR) is 50.3 cm³/mol. The van der Waals surface area contributed by atoms with Gasteiger partial charge in [-0.2, -0.15) is 5.10 Å². The normalized spacial score (nSPS) is 10.2. The van der Waals surface area contributed by atoms with E-state index in [0.29, 0.717) is 0 Å². The van der Waals surface area contributed by atoms with Gasteiger partial charge in [0.1, 0.15) is 0 Å². The summed E-state index contributed by atoms with van der Waals surface area (Å²) in [5.74, 6) is 0. The first-order valence-electron chi connectivity index (χ1n) is 4.24. The molecule has 3 nitrogen and oxygen atoms in total. The summed E-state index contributed by atoms with van der Waals surface area (Å²) in [6, 6.07) is 7.89. The van der Waals surface area contributed by atoms with Gasteiger partial charge in [-0.3, -0.25) is 9.67 Å². The Balaban J connectivity index is 2.20. The minimum Gasteiger partial charge on any atom is -0.264 e. The molecule has 0 aromatic carbocycles. The van der Waals surface area contributed by atoms with Gasteiger partial charge < -0.3 is 0 Å². The zero-order valence-electron chi connectivity index (χ0n) is 7.51. The Morgan fingerprint density at radius 1 is 1.23 bits per heavy atom. The van der Waals surface area contributed by atoms with E-state index >= 15 is 0 Å². The van der Waals surface area contributed by atoms with Gasteiger partial charge in [-0.25, -0.2) is 0 Å². The first-order valence-corrected chi connectivity index (χ1v) is 4.24. The Kier molecular flexibility index (Phi) is 2.08. The van der Waals surface area contributed by atoms with Gasteiger partial charge in [0, 0.05) is 18.1 Å². The molecule has 0 aliphatic carbocycles. The molecule has 0 N–H and O–H groups in total. The number of nitrogens with zero attached hydrogens (tertiary/aromatic N) is 3. The maximum Gasteiger partial charge on any atom is 0.0834 e. The van der Waals surface area contributed by atoms with E-state index in [1.807, 2.05) is 35.9 Å². The van der Waals surface area contributed by atoms with Gasteiger partial charge in [0.15, 0.2) is 0 Å². The van der Waals surface area contributed by atoms with Gasteiger partial charge in [-0.1, -0.05) is 6.07 Å². The highest BCUT2D eigenvalue weighted by atomic mass is 15.3. The third-order valence-corrected chi connectivity index (χ3v) is 1.97. The lowest BCUT2D eigenvalue weighted by Gasteiger charge is -2.02. The van der Waals surface area contributed by atoms with Crippen molar-refractivity contribution in [2.24, 2.45) is 0 Å². The second-order valence-electron chi connectivity index (χ2n) is 2.95. The van der Waals surface area contributed by atoms with Crippen LogP contribution in [0.1, 0.15) is 11.4 Å². The van der Waals surface area contributed by atoms with Crippen LogP contribution < -0.4 is 0 Å². The quantitative estimate of drug-likeness (QED) is 0.691. The monoisotopic (exact) mass is 173 g/mol. The van der Waals surface area contributed by atoms with Crippen LogP contribution >= 0.6 is 0 Å². The van der Waals surface area contributed by atoms with E-state index in [2.05, 4.69) is 10.1 Å². The number of hydrogen-bond donors (Lipinski definition) is 0. The van der Waals surface area contributed by atoms with Crippen molar-refractivity contribution < 1.29 is 0 Å². The van der Waals surface area contributed by atoms with Gasteiger partial charge in [0.2, 0.25) is 0 Å². The van der Waals surface area contributed by atoms with Crippen LogP contribution in [0.4, 0.5) is 0 Å². The number of pyridine rings is 1. The Labute approximate surface area is 77.0 Å². The van der Waals surface area contributed by atoms with Crippen LogP contribution in [0.25, 0.3) is 0 Å². The number of aromatic nitrogens is 3. The standard InChI is InChI=1S/C10H11N3/c1-9-5-7-12-13(9)8-10-4-2-3-6-11-10/h2-7H,8H2,1H3. The molecule has 0 spiro atoms. The largest absolute Gasteiger partial charge is 0.264 e. The van der Waals surface area contributed by atoms with Crippen molar-refractivity contribution in [3.05, 3.63) is 48.0 Å². The summed E-state index contributed by atoms with van der Waals surface area (Å²) in [6.07, 6.45) is 3.60. The molecule has 0 atom stereocenters. The Hall–Kier alpha value is -1.64. The molecule has 0 fully saturated rings. The fourth-order valence-electron chi connectivity index (χ4n) is 1.21. The fraction of sp³-hybridized carbons (Fsp3) is 0.200. The Bertz CT molecular complexity index is 378. The van der Waals surface area contributed by atoms with Crippen LogP contribution in [0.5, 0.6) is 0 Å². The van der Waals surface area contributed by atoms with Crippen molar-refractivity contribution in [3.63, 3.8) is 0 Å². The van der Waals surface area contributed by atoms with E-state index in [9.17, 15) is 0 Å². The van der Waals surface area contributed by atoms with Crippen LogP contribution in [0, 0.1) is 6.92 Å². The highest BCUT2D eigenvalue weighted by Crippen LogP contribution is 2.00. The highest BCUT2D eigenvalue weighted by Gasteiger charge is 1.98. The van der Waals surface area contributed by atoms with Gasteiger partial charge in [-0.05, 0) is 25.1 Å². The maximum atomic E-state index is 4.23. The summed E-state index contributed by atoms with van der Waals surface area (Å²) in [5.41, 5.74) is 2.19. The van der Waals surface area contributed by atoms with Crippen LogP contribution in [0.15, 0.2) is 36.7 Å². The SMILES string of the molecule is Cc1ccnn1Cc1ccccn1. The molecule has 13 heavy (non-hydrogen) atoms. The zero-order chi connectivity index (χ0) is 9.10. The third kappa shape index (κ3) is 1.75. The van der Waals surface area contributed by atoms with Crippen molar-refractivity contribution >= 4 is 0 Å². The molecule has 2 aromatic heterocycles. The van der Waals surface area contributed by atoms with Crippen LogP contribution in [0.3, 0.4) is 0 Å². The molecule has 0 radical (unpaired) electrons. The van der Waals surface area contributed by atoms with E-state index in [-0.39, 0.29) is 0 Å². The molecule has 2 aromatic rings. The lowest BCUT2D eigenvalue weighted by Crippen LogP contribution is -2.04. The first-order chi connectivity index (χ1) is 6.36. The smallest absolute Gasteiger partial charge is 0.0834 e. The average Bonchev–Trinajstić information content (AvgIpc) is 2.54. The molecule has 0 amide bonds. The van der Waals surface area contributed by atoms with E-state index in [1.54, 1.807) is 12.4 Å². The van der Waals surface area contributed by atoms with E-state index < -0.39 is 0 Å². The summed E-state index contributed by atoms with van der Waals surface area (Å²) in [7, 11) is 0. The number of hydrogen-bond acceptors (Lipinski definition) is 2. The molecule has 2 heterocycles. The predicted octanol–water partition coefficient (Wildman–Crippen LogP) is 1.63. The summed E-state index contributed by atoms with van der Waals surface area (Å²) >= 11 is 0. The maximum absolute atomic E-state index is 4.23. The molecule has 0 unspecified atom stereocenters. The summed E-state index contributed by atoms with van der Waals surface area (Å²) < 4.78 is 1.93. The lowest BCUT2D eigenvalue weighted by molar-refractivity contribution is 0.652. The number of rotatable bonds is 2. The zero-order valence-corrected chi connectivity index (χ0v) is 7.51. The fourth-order valence-corrected chi connectivity index (χ4v) is 1.21. The van der Waals surface area contributed by atoms with Crippen molar-refractivity contribution in [2.45, 2.75) is 13.5 Å². The molecular formula is C10H11N3. The van der Waals surface area contributed by atoms with E-state index in [0.717, 1.165) is 17.9 Å². The van der Waals surface area contributed by atoms with Crippen molar-refractivity contribution in [3.8, 4) is 0 Å². The molecule has 0 saturated carbocycles. The average molecular weight is 173 g/mol. The van der Waals surface area contributed by atoms with E-state index in [1.165, 1.54) is 0 Å². The second-order valence-corrected chi connectivity index (χ2v) is 2.95. The minimum absolute atomic E-state index is 0.750. The third-order valence-electron chi connectivity index (χ3n) is 1.97. The topological polar surface area (TPSA) is 30.7 Å². The molecule has 0 aliphatic heterocycles. The van der Waals surface area contributed by atoms with Gasteiger partial charge >= 0.3 is 0 Å². The number of aryl methyl sites for hydroxylation is 1. The molecule has 2 rings (SSSR count). The second kappa shape index (κ2) is 3.39. The van der Waals surface area contributed by atoms with E-state index in [4.69, 9.17) is 0 Å². The van der Waals surface area contributed by atoms with Crippen molar-refractivity contribution in [1.29, 1.82) is 0 Å². The van der Waals surface area contributed by atoms with Gasteiger partial charge in [-0.15, -0.1) is 0 Å². The summed E-state index contributed by atoms with van der Waals surface area (Å²) in [5, 5.41) is 4.19. The minimum atomic E-state index is 0.750. The first kappa shape index (κ1) is 7.98. The molecule has 0 aliphatic rings. The molecule has 0 bridgehead atoms. The van der Waals surface area contributed by atoms with Gasteiger partial charge in [0.05, 0.1) is 12.2 Å².